The van der Waals surface area contributed by atoms with E-state index < -0.39 is 0 Å². The lowest BCUT2D eigenvalue weighted by Gasteiger charge is -2.05. The van der Waals surface area contributed by atoms with E-state index in [0.29, 0.717) is 22.5 Å². The minimum Gasteiger partial charge on any atom is -0.338 e. The number of hydrogen-bond donors (Lipinski definition) is 0. The summed E-state index contributed by atoms with van der Waals surface area (Å²) >= 11 is 7.84. The largest absolute Gasteiger partial charge is 0.338 e. The van der Waals surface area contributed by atoms with Crippen LogP contribution in [-0.4, -0.2) is 20.1 Å². The molecule has 0 N–H and O–H groups in total. The third-order valence-electron chi connectivity index (χ3n) is 3.89. The van der Waals surface area contributed by atoms with Crippen LogP contribution in [0.3, 0.4) is 0 Å². The molecular formula is C19H15ClN4OS. The maximum absolute atomic E-state index is 6.18. The number of halogens is 1. The minimum atomic E-state index is 0.507. The Labute approximate surface area is 159 Å². The van der Waals surface area contributed by atoms with Crippen molar-refractivity contribution in [1.82, 2.24) is 20.1 Å². The summed E-state index contributed by atoms with van der Waals surface area (Å²) in [6.45, 7) is 1.98. The van der Waals surface area contributed by atoms with Gasteiger partial charge in [-0.15, -0.1) is 11.8 Å². The second-order valence-corrected chi connectivity index (χ2v) is 7.12. The zero-order valence-electron chi connectivity index (χ0n) is 14.0. The highest BCUT2D eigenvalue weighted by atomic mass is 35.5. The Morgan fingerprint density at radius 1 is 0.923 bits per heavy atom. The van der Waals surface area contributed by atoms with E-state index in [4.69, 9.17) is 21.1 Å². The molecule has 0 atom stereocenters. The average Bonchev–Trinajstić information content (AvgIpc) is 3.11. The summed E-state index contributed by atoms with van der Waals surface area (Å²) in [5.74, 6) is 2.41. The number of hydrogen-bond acceptors (Lipinski definition) is 6. The second kappa shape index (κ2) is 7.43. The summed E-state index contributed by atoms with van der Waals surface area (Å²) in [6, 6.07) is 15.3. The van der Waals surface area contributed by atoms with Crippen molar-refractivity contribution in [3.8, 4) is 11.4 Å². The third-order valence-corrected chi connectivity index (χ3v) is 5.15. The van der Waals surface area contributed by atoms with Gasteiger partial charge in [0.1, 0.15) is 0 Å². The van der Waals surface area contributed by atoms with E-state index in [1.54, 1.807) is 11.8 Å². The number of thioether (sulfide) groups is 1. The molecule has 130 valence electrons. The molecule has 0 aliphatic carbocycles. The molecule has 0 saturated heterocycles. The van der Waals surface area contributed by atoms with E-state index in [1.807, 2.05) is 55.5 Å². The van der Waals surface area contributed by atoms with E-state index in [1.165, 1.54) is 0 Å². The highest BCUT2D eigenvalue weighted by molar-refractivity contribution is 7.97. The van der Waals surface area contributed by atoms with Gasteiger partial charge in [0, 0.05) is 11.3 Å². The van der Waals surface area contributed by atoms with Crippen LogP contribution in [0.4, 0.5) is 0 Å². The van der Waals surface area contributed by atoms with Gasteiger partial charge in [0.15, 0.2) is 0 Å². The third kappa shape index (κ3) is 3.57. The quantitative estimate of drug-likeness (QED) is 0.479. The van der Waals surface area contributed by atoms with E-state index in [9.17, 15) is 0 Å². The molecule has 4 aromatic rings. The summed E-state index contributed by atoms with van der Waals surface area (Å²) < 4.78 is 5.34. The van der Waals surface area contributed by atoms with Gasteiger partial charge in [-0.25, -0.2) is 9.97 Å². The van der Waals surface area contributed by atoms with Crippen molar-refractivity contribution in [3.63, 3.8) is 0 Å². The summed E-state index contributed by atoms with van der Waals surface area (Å²) in [4.78, 5) is 13.7. The normalized spacial score (nSPS) is 11.2. The smallest absolute Gasteiger partial charge is 0.236 e. The first-order chi connectivity index (χ1) is 12.7. The van der Waals surface area contributed by atoms with Crippen molar-refractivity contribution in [1.29, 1.82) is 0 Å². The van der Waals surface area contributed by atoms with Crippen LogP contribution in [0.25, 0.3) is 22.4 Å². The lowest BCUT2D eigenvalue weighted by atomic mass is 10.2. The predicted octanol–water partition coefficient (Wildman–Crippen LogP) is 5.08. The number of rotatable bonds is 5. The number of aryl methyl sites for hydroxylation is 1. The Hall–Kier alpha value is -2.44. The van der Waals surface area contributed by atoms with Gasteiger partial charge in [-0.3, -0.25) is 0 Å². The van der Waals surface area contributed by atoms with E-state index in [0.717, 1.165) is 33.7 Å². The first-order valence-electron chi connectivity index (χ1n) is 8.08. The zero-order valence-corrected chi connectivity index (χ0v) is 15.6. The summed E-state index contributed by atoms with van der Waals surface area (Å²) in [7, 11) is 0. The molecule has 0 amide bonds. The van der Waals surface area contributed by atoms with Crippen LogP contribution < -0.4 is 0 Å². The predicted molar refractivity (Wildman–Crippen MR) is 104 cm³/mol. The monoisotopic (exact) mass is 382 g/mol. The molecule has 5 nitrogen and oxygen atoms in total. The van der Waals surface area contributed by atoms with Gasteiger partial charge in [0.05, 0.1) is 33.2 Å². The molecule has 0 fully saturated rings. The highest BCUT2D eigenvalue weighted by Gasteiger charge is 2.12. The van der Waals surface area contributed by atoms with E-state index >= 15 is 0 Å². The first kappa shape index (κ1) is 17.0. The van der Waals surface area contributed by atoms with Gasteiger partial charge in [0.25, 0.3) is 0 Å². The van der Waals surface area contributed by atoms with Crippen LogP contribution in [-0.2, 0) is 11.5 Å². The molecule has 0 unspecified atom stereocenters. The molecule has 2 aromatic heterocycles. The lowest BCUT2D eigenvalue weighted by Crippen LogP contribution is -1.97. The van der Waals surface area contributed by atoms with Gasteiger partial charge in [-0.1, -0.05) is 41.0 Å². The van der Waals surface area contributed by atoms with Crippen LogP contribution in [0, 0.1) is 6.92 Å². The molecular weight excluding hydrogens is 368 g/mol. The van der Waals surface area contributed by atoms with Crippen molar-refractivity contribution in [2.45, 2.75) is 18.4 Å². The maximum Gasteiger partial charge on any atom is 0.236 e. The molecule has 0 radical (unpaired) electrons. The number of nitrogens with zero attached hydrogens (tertiary/aromatic N) is 4. The van der Waals surface area contributed by atoms with Crippen molar-refractivity contribution in [2.24, 2.45) is 0 Å². The summed E-state index contributed by atoms with van der Waals surface area (Å²) in [5.41, 5.74) is 4.51. The fraction of sp³-hybridized carbons (Fsp3) is 0.158. The van der Waals surface area contributed by atoms with Gasteiger partial charge in [-0.2, -0.15) is 4.98 Å². The molecule has 0 saturated carbocycles. The van der Waals surface area contributed by atoms with Crippen molar-refractivity contribution in [3.05, 3.63) is 70.8 Å². The zero-order chi connectivity index (χ0) is 17.9. The fourth-order valence-electron chi connectivity index (χ4n) is 2.56. The highest BCUT2D eigenvalue weighted by Crippen LogP contribution is 2.26. The Morgan fingerprint density at radius 2 is 1.65 bits per heavy atom. The number of fused-ring (bicyclic) bond motifs is 1. The van der Waals surface area contributed by atoms with E-state index in [-0.39, 0.29) is 0 Å². The van der Waals surface area contributed by atoms with Gasteiger partial charge in [-0.05, 0) is 31.2 Å². The molecule has 0 bridgehead atoms. The van der Waals surface area contributed by atoms with Crippen LogP contribution in [0.1, 0.15) is 17.3 Å². The maximum atomic E-state index is 6.18. The van der Waals surface area contributed by atoms with Crippen molar-refractivity contribution >= 4 is 34.4 Å². The fourth-order valence-corrected chi connectivity index (χ4v) is 3.64. The Kier molecular flexibility index (Phi) is 4.86. The first-order valence-corrected chi connectivity index (χ1v) is 9.61. The molecule has 0 spiro atoms. The number of aromatic nitrogens is 4. The van der Waals surface area contributed by atoms with Crippen LogP contribution >= 0.6 is 23.4 Å². The molecule has 0 aliphatic heterocycles. The summed E-state index contributed by atoms with van der Waals surface area (Å²) in [5, 5.41) is 4.63. The summed E-state index contributed by atoms with van der Waals surface area (Å²) in [6.07, 6.45) is 0. The van der Waals surface area contributed by atoms with Gasteiger partial charge in [0.2, 0.25) is 11.7 Å². The van der Waals surface area contributed by atoms with Crippen LogP contribution in [0.5, 0.6) is 0 Å². The van der Waals surface area contributed by atoms with Crippen molar-refractivity contribution in [2.75, 3.05) is 0 Å². The van der Waals surface area contributed by atoms with Gasteiger partial charge < -0.3 is 4.52 Å². The topological polar surface area (TPSA) is 64.7 Å². The molecule has 2 heterocycles. The Morgan fingerprint density at radius 3 is 2.46 bits per heavy atom. The average molecular weight is 383 g/mol. The number of benzene rings is 2. The minimum absolute atomic E-state index is 0.507. The Bertz CT molecular complexity index is 1070. The molecule has 2 aromatic carbocycles. The number of para-hydroxylation sites is 2. The van der Waals surface area contributed by atoms with Crippen LogP contribution in [0.2, 0.25) is 5.02 Å². The standard InChI is InChI=1S/C19H15ClN4OS/c1-12-17(22-16-9-5-4-8-15(16)21-12)10-26-11-18-23-19(24-25-18)13-6-2-3-7-14(13)20/h2-9H,10-11H2,1H3. The van der Waals surface area contributed by atoms with E-state index in [2.05, 4.69) is 15.1 Å². The molecule has 4 rings (SSSR count). The SMILES string of the molecule is Cc1nc2ccccc2nc1CSCc1nc(-c2ccccc2Cl)no1. The molecule has 7 heteroatoms. The molecule has 26 heavy (non-hydrogen) atoms. The lowest BCUT2D eigenvalue weighted by molar-refractivity contribution is 0.391. The van der Waals surface area contributed by atoms with Crippen molar-refractivity contribution < 1.29 is 4.52 Å². The Balaban J connectivity index is 1.44. The van der Waals surface area contributed by atoms with Crippen LogP contribution in [0.15, 0.2) is 53.1 Å². The van der Waals surface area contributed by atoms with Gasteiger partial charge >= 0.3 is 0 Å². The second-order valence-electron chi connectivity index (χ2n) is 5.73. The molecule has 0 aliphatic rings.